The molecular weight excluding hydrogens is 275 g/mol. The van der Waals surface area contributed by atoms with Gasteiger partial charge in [0.2, 0.25) is 0 Å². The Morgan fingerprint density at radius 2 is 2.00 bits per heavy atom. The molecular formula is C11H11F5OS. The van der Waals surface area contributed by atoms with Crippen LogP contribution >= 0.6 is 11.8 Å². The predicted molar refractivity (Wildman–Crippen MR) is 59.3 cm³/mol. The molecule has 0 bridgehead atoms. The van der Waals surface area contributed by atoms with E-state index in [9.17, 15) is 22.0 Å². The zero-order chi connectivity index (χ0) is 13.8. The number of hydrogen-bond acceptors (Lipinski definition) is 2. The van der Waals surface area contributed by atoms with Crippen LogP contribution in [0.2, 0.25) is 0 Å². The first kappa shape index (κ1) is 15.1. The van der Waals surface area contributed by atoms with Crippen LogP contribution in [0.3, 0.4) is 0 Å². The first-order valence-corrected chi connectivity index (χ1v) is 6.08. The van der Waals surface area contributed by atoms with E-state index in [0.29, 0.717) is 5.75 Å². The summed E-state index contributed by atoms with van der Waals surface area (Å²) in [7, 11) is 0. The van der Waals surface area contributed by atoms with Crippen LogP contribution in [0.1, 0.15) is 12.5 Å². The molecule has 0 spiro atoms. The number of thioether (sulfide) groups is 1. The maximum atomic E-state index is 12.8. The fourth-order valence-corrected chi connectivity index (χ4v) is 2.18. The third-order valence-electron chi connectivity index (χ3n) is 1.95. The minimum absolute atomic E-state index is 0.219. The van der Waals surface area contributed by atoms with Crippen molar-refractivity contribution in [3.63, 3.8) is 0 Å². The van der Waals surface area contributed by atoms with Gasteiger partial charge < -0.3 is 4.74 Å². The van der Waals surface area contributed by atoms with Gasteiger partial charge in [0, 0.05) is 0 Å². The summed E-state index contributed by atoms with van der Waals surface area (Å²) in [6, 6.07) is 3.17. The molecule has 1 atom stereocenters. The van der Waals surface area contributed by atoms with Crippen molar-refractivity contribution in [1.82, 2.24) is 0 Å². The van der Waals surface area contributed by atoms with Crippen molar-refractivity contribution < 1.29 is 26.7 Å². The molecule has 0 saturated carbocycles. The van der Waals surface area contributed by atoms with Gasteiger partial charge in [0.1, 0.15) is 5.75 Å². The summed E-state index contributed by atoms with van der Waals surface area (Å²) in [6.07, 6.45) is -6.82. The van der Waals surface area contributed by atoms with Crippen molar-refractivity contribution in [3.8, 4) is 5.75 Å². The van der Waals surface area contributed by atoms with Gasteiger partial charge in [0.05, 0.1) is 10.5 Å². The Balaban J connectivity index is 3.17. The van der Waals surface area contributed by atoms with Gasteiger partial charge in [-0.15, -0.1) is 11.8 Å². The van der Waals surface area contributed by atoms with Crippen LogP contribution in [0.25, 0.3) is 0 Å². The molecule has 102 valence electrons. The molecule has 1 aromatic rings. The molecule has 0 aliphatic heterocycles. The average Bonchev–Trinajstić information content (AvgIpc) is 2.30. The Kier molecular flexibility index (Phi) is 5.25. The normalized spacial score (nSPS) is 13.4. The summed E-state index contributed by atoms with van der Waals surface area (Å²) in [5.74, 6) is 0.0672. The Morgan fingerprint density at radius 3 is 2.50 bits per heavy atom. The Labute approximate surface area is 105 Å². The van der Waals surface area contributed by atoms with Crippen LogP contribution < -0.4 is 4.74 Å². The average molecular weight is 286 g/mol. The van der Waals surface area contributed by atoms with E-state index in [1.54, 1.807) is 6.92 Å². The minimum Gasteiger partial charge on any atom is -0.456 e. The first-order chi connectivity index (χ1) is 8.40. The second-order valence-electron chi connectivity index (χ2n) is 3.25. The molecule has 1 aromatic carbocycles. The topological polar surface area (TPSA) is 9.23 Å². The Hall–Kier alpha value is -0.980. The number of alkyl halides is 5. The van der Waals surface area contributed by atoms with E-state index in [1.807, 2.05) is 0 Å². The number of rotatable bonds is 5. The highest BCUT2D eigenvalue weighted by atomic mass is 32.2. The number of ether oxygens (including phenoxy) is 1. The zero-order valence-electron chi connectivity index (χ0n) is 9.43. The van der Waals surface area contributed by atoms with Gasteiger partial charge in [0.15, 0.2) is 6.67 Å². The monoisotopic (exact) mass is 286 g/mol. The van der Waals surface area contributed by atoms with Crippen molar-refractivity contribution >= 4 is 11.8 Å². The van der Waals surface area contributed by atoms with Gasteiger partial charge >= 0.3 is 6.18 Å². The third kappa shape index (κ3) is 3.76. The summed E-state index contributed by atoms with van der Waals surface area (Å²) < 4.78 is 67.5. The summed E-state index contributed by atoms with van der Waals surface area (Å²) in [4.78, 5) is -0.219. The lowest BCUT2D eigenvalue weighted by Crippen LogP contribution is -2.14. The van der Waals surface area contributed by atoms with E-state index in [1.165, 1.54) is 6.07 Å². The highest BCUT2D eigenvalue weighted by Gasteiger charge is 2.35. The lowest BCUT2D eigenvalue weighted by Gasteiger charge is -2.17. The highest BCUT2D eigenvalue weighted by molar-refractivity contribution is 7.99. The molecule has 0 amide bonds. The minimum atomic E-state index is -4.56. The van der Waals surface area contributed by atoms with Gasteiger partial charge in [-0.3, -0.25) is 0 Å². The molecule has 0 saturated heterocycles. The number of hydrogen-bond donors (Lipinski definition) is 0. The van der Waals surface area contributed by atoms with E-state index in [-0.39, 0.29) is 10.6 Å². The lowest BCUT2D eigenvalue weighted by atomic mass is 10.2. The maximum Gasteiger partial charge on any atom is 0.417 e. The number of halogens is 5. The van der Waals surface area contributed by atoms with Crippen molar-refractivity contribution in [3.05, 3.63) is 23.8 Å². The molecule has 0 fully saturated rings. The van der Waals surface area contributed by atoms with E-state index < -0.39 is 24.8 Å². The van der Waals surface area contributed by atoms with Crippen LogP contribution in [-0.2, 0) is 6.18 Å². The van der Waals surface area contributed by atoms with E-state index in [4.69, 9.17) is 0 Å². The summed E-state index contributed by atoms with van der Waals surface area (Å²) >= 11 is 0.874. The molecule has 7 heteroatoms. The maximum absolute atomic E-state index is 12.8. The Bertz CT molecular complexity index is 394. The molecule has 0 radical (unpaired) electrons. The van der Waals surface area contributed by atoms with Gasteiger partial charge in [-0.2, -0.15) is 17.6 Å². The molecule has 0 aromatic heterocycles. The smallest absolute Gasteiger partial charge is 0.417 e. The van der Waals surface area contributed by atoms with Crippen molar-refractivity contribution in [1.29, 1.82) is 0 Å². The lowest BCUT2D eigenvalue weighted by molar-refractivity contribution is -0.140. The number of benzene rings is 1. The van der Waals surface area contributed by atoms with Crippen LogP contribution in [0.15, 0.2) is 23.1 Å². The zero-order valence-corrected chi connectivity index (χ0v) is 10.2. The second kappa shape index (κ2) is 6.26. The molecule has 1 nitrogen and oxygen atoms in total. The van der Waals surface area contributed by atoms with Crippen LogP contribution in [0, 0.1) is 0 Å². The molecule has 1 rings (SSSR count). The SMILES string of the molecule is CCSc1c(OC(F)CF)cccc1C(F)(F)F. The van der Waals surface area contributed by atoms with Crippen molar-refractivity contribution in [2.24, 2.45) is 0 Å². The molecule has 0 aliphatic carbocycles. The van der Waals surface area contributed by atoms with Crippen LogP contribution in [0.4, 0.5) is 22.0 Å². The molecule has 0 N–H and O–H groups in total. The standard InChI is InChI=1S/C11H11F5OS/c1-2-18-10-7(11(14,15)16)4-3-5-8(10)17-9(13)6-12/h3-5,9H,2,6H2,1H3. The quantitative estimate of drug-likeness (QED) is 0.583. The largest absolute Gasteiger partial charge is 0.456 e. The highest BCUT2D eigenvalue weighted by Crippen LogP contribution is 2.41. The van der Waals surface area contributed by atoms with E-state index in [0.717, 1.165) is 23.9 Å². The van der Waals surface area contributed by atoms with Crippen molar-refractivity contribution in [2.45, 2.75) is 24.4 Å². The summed E-state index contributed by atoms with van der Waals surface area (Å²) in [6.45, 7) is 0.246. The predicted octanol–water partition coefficient (Wildman–Crippen LogP) is 4.46. The third-order valence-corrected chi connectivity index (χ3v) is 2.95. The van der Waals surface area contributed by atoms with Gasteiger partial charge in [0.25, 0.3) is 6.36 Å². The van der Waals surface area contributed by atoms with Gasteiger partial charge in [-0.1, -0.05) is 13.0 Å². The van der Waals surface area contributed by atoms with Crippen molar-refractivity contribution in [2.75, 3.05) is 12.4 Å². The Morgan fingerprint density at radius 1 is 1.33 bits per heavy atom. The van der Waals surface area contributed by atoms with E-state index >= 15 is 0 Å². The fraction of sp³-hybridized carbons (Fsp3) is 0.455. The molecule has 0 heterocycles. The summed E-state index contributed by atoms with van der Waals surface area (Å²) in [5, 5.41) is 0. The van der Waals surface area contributed by atoms with E-state index in [2.05, 4.69) is 4.74 Å². The van der Waals surface area contributed by atoms with Crippen LogP contribution in [-0.4, -0.2) is 18.8 Å². The van der Waals surface area contributed by atoms with Gasteiger partial charge in [-0.25, -0.2) is 4.39 Å². The first-order valence-electron chi connectivity index (χ1n) is 5.09. The van der Waals surface area contributed by atoms with Gasteiger partial charge in [-0.05, 0) is 17.9 Å². The molecule has 0 aliphatic rings. The summed E-state index contributed by atoms with van der Waals surface area (Å²) in [5.41, 5.74) is -0.905. The van der Waals surface area contributed by atoms with Crippen LogP contribution in [0.5, 0.6) is 5.75 Å². The second-order valence-corrected chi connectivity index (χ2v) is 4.52. The molecule has 1 unspecified atom stereocenters. The molecule has 18 heavy (non-hydrogen) atoms. The fourth-order valence-electron chi connectivity index (χ4n) is 1.29.